The van der Waals surface area contributed by atoms with Gasteiger partial charge in [-0.1, -0.05) is 36.4 Å². The average molecular weight is 329 g/mol. The van der Waals surface area contributed by atoms with E-state index in [-0.39, 0.29) is 19.4 Å². The van der Waals surface area contributed by atoms with Crippen molar-refractivity contribution in [3.63, 3.8) is 0 Å². The number of rotatable bonds is 8. The molecule has 2 N–H and O–H groups in total. The highest BCUT2D eigenvalue weighted by Crippen LogP contribution is 2.32. The fraction of sp³-hybridized carbons (Fsp3) is 0.368. The van der Waals surface area contributed by atoms with E-state index in [0.29, 0.717) is 13.2 Å². The Balaban J connectivity index is 1.37. The Kier molecular flexibility index (Phi) is 5.69. The highest BCUT2D eigenvalue weighted by molar-refractivity contribution is 5.44. The van der Waals surface area contributed by atoms with E-state index in [1.165, 1.54) is 5.56 Å². The van der Waals surface area contributed by atoms with Crippen LogP contribution in [0.25, 0.3) is 0 Å². The summed E-state index contributed by atoms with van der Waals surface area (Å²) < 4.78 is 16.2. The summed E-state index contributed by atoms with van der Waals surface area (Å²) in [4.78, 5) is 0. The minimum atomic E-state index is -0.551. The molecule has 0 aliphatic carbocycles. The van der Waals surface area contributed by atoms with Crippen LogP contribution in [0.2, 0.25) is 0 Å². The maximum atomic E-state index is 10.0. The van der Waals surface area contributed by atoms with Crippen LogP contribution in [-0.2, 0) is 11.3 Å². The molecule has 0 saturated heterocycles. The number of fused-ring (bicyclic) bond motifs is 1. The molecule has 5 nitrogen and oxygen atoms in total. The lowest BCUT2D eigenvalue weighted by Gasteiger charge is -2.17. The molecule has 0 unspecified atom stereocenters. The van der Waals surface area contributed by atoms with E-state index in [9.17, 15) is 5.11 Å². The van der Waals surface area contributed by atoms with Gasteiger partial charge >= 0.3 is 0 Å². The topological polar surface area (TPSA) is 60.0 Å². The summed E-state index contributed by atoms with van der Waals surface area (Å²) in [5.74, 6) is 1.51. The number of nitrogens with one attached hydrogen (secondary N) is 1. The van der Waals surface area contributed by atoms with Crippen LogP contribution in [0.4, 0.5) is 0 Å². The van der Waals surface area contributed by atoms with Gasteiger partial charge in [-0.3, -0.25) is 0 Å². The Morgan fingerprint density at radius 2 is 1.92 bits per heavy atom. The zero-order valence-corrected chi connectivity index (χ0v) is 13.8. The molecule has 0 fully saturated rings. The van der Waals surface area contributed by atoms with Crippen LogP contribution in [0.15, 0.2) is 48.5 Å². The second-order valence-electron chi connectivity index (χ2n) is 5.90. The van der Waals surface area contributed by atoms with Gasteiger partial charge < -0.3 is 24.6 Å². The fourth-order valence-corrected chi connectivity index (χ4v) is 2.57. The molecule has 5 heteroatoms. The number of ether oxygens (including phenoxy) is 3. The minimum Gasteiger partial charge on any atom is -0.454 e. The van der Waals surface area contributed by atoms with E-state index in [1.807, 2.05) is 36.4 Å². The van der Waals surface area contributed by atoms with Gasteiger partial charge in [0.2, 0.25) is 6.79 Å². The van der Waals surface area contributed by atoms with Gasteiger partial charge in [-0.25, -0.2) is 0 Å². The molecule has 2 aromatic rings. The van der Waals surface area contributed by atoms with Crippen LogP contribution in [0.1, 0.15) is 24.1 Å². The van der Waals surface area contributed by atoms with E-state index < -0.39 is 6.10 Å². The largest absolute Gasteiger partial charge is 0.454 e. The summed E-state index contributed by atoms with van der Waals surface area (Å²) in [6.45, 7) is 3.54. The molecule has 1 aliphatic heterocycles. The molecule has 0 aromatic heterocycles. The maximum Gasteiger partial charge on any atom is 0.231 e. The van der Waals surface area contributed by atoms with E-state index in [4.69, 9.17) is 14.2 Å². The van der Waals surface area contributed by atoms with Crippen molar-refractivity contribution in [1.82, 2.24) is 5.32 Å². The van der Waals surface area contributed by atoms with Crippen LogP contribution in [0.5, 0.6) is 11.5 Å². The van der Waals surface area contributed by atoms with E-state index >= 15 is 0 Å². The Morgan fingerprint density at radius 1 is 1.12 bits per heavy atom. The van der Waals surface area contributed by atoms with Gasteiger partial charge in [0, 0.05) is 12.6 Å². The third-order valence-electron chi connectivity index (χ3n) is 3.98. The summed E-state index contributed by atoms with van der Waals surface area (Å²) >= 11 is 0. The molecule has 0 amide bonds. The fourth-order valence-electron chi connectivity index (χ4n) is 2.57. The summed E-state index contributed by atoms with van der Waals surface area (Å²) in [6.07, 6.45) is -0.551. The van der Waals surface area contributed by atoms with Crippen LogP contribution in [-0.4, -0.2) is 31.2 Å². The molecule has 2 aromatic carbocycles. The van der Waals surface area contributed by atoms with Crippen LogP contribution < -0.4 is 14.8 Å². The third-order valence-corrected chi connectivity index (χ3v) is 3.98. The van der Waals surface area contributed by atoms with E-state index in [2.05, 4.69) is 24.4 Å². The van der Waals surface area contributed by atoms with Crippen molar-refractivity contribution in [2.45, 2.75) is 25.7 Å². The van der Waals surface area contributed by atoms with E-state index in [0.717, 1.165) is 17.1 Å². The monoisotopic (exact) mass is 329 g/mol. The van der Waals surface area contributed by atoms with Crippen molar-refractivity contribution in [3.8, 4) is 11.5 Å². The lowest BCUT2D eigenvalue weighted by atomic mass is 10.1. The van der Waals surface area contributed by atoms with Crippen molar-refractivity contribution < 1.29 is 19.3 Å². The average Bonchev–Trinajstić information content (AvgIpc) is 3.08. The molecule has 0 radical (unpaired) electrons. The lowest BCUT2D eigenvalue weighted by Crippen LogP contribution is -2.32. The molecule has 1 heterocycles. The first-order chi connectivity index (χ1) is 11.7. The molecule has 0 spiro atoms. The second kappa shape index (κ2) is 8.15. The van der Waals surface area contributed by atoms with Crippen molar-refractivity contribution in [1.29, 1.82) is 0 Å². The van der Waals surface area contributed by atoms with Gasteiger partial charge in [0.15, 0.2) is 11.5 Å². The van der Waals surface area contributed by atoms with Gasteiger partial charge in [-0.05, 0) is 30.2 Å². The second-order valence-corrected chi connectivity index (χ2v) is 5.90. The van der Waals surface area contributed by atoms with Gasteiger partial charge in [-0.2, -0.15) is 0 Å². The molecule has 0 bridgehead atoms. The molecule has 0 saturated carbocycles. The standard InChI is InChI=1S/C19H23NO4/c1-14(16-5-3-2-4-6-16)20-10-17(21)12-22-11-15-7-8-18-19(9-15)24-13-23-18/h2-9,14,17,20-21H,10-13H2,1H3/t14-,17+/m0/s1. The summed E-state index contributed by atoms with van der Waals surface area (Å²) in [7, 11) is 0. The Hall–Kier alpha value is -2.08. The smallest absolute Gasteiger partial charge is 0.231 e. The SMILES string of the molecule is C[C@H](NC[C@@H](O)COCc1ccc2c(c1)OCO2)c1ccccc1. The quantitative estimate of drug-likeness (QED) is 0.780. The molecular formula is C19H23NO4. The summed E-state index contributed by atoms with van der Waals surface area (Å²) in [5.41, 5.74) is 2.20. The Morgan fingerprint density at radius 3 is 2.75 bits per heavy atom. The first-order valence-electron chi connectivity index (χ1n) is 8.15. The van der Waals surface area contributed by atoms with Crippen molar-refractivity contribution in [2.24, 2.45) is 0 Å². The van der Waals surface area contributed by atoms with E-state index in [1.54, 1.807) is 0 Å². The van der Waals surface area contributed by atoms with Gasteiger partial charge in [0.05, 0.1) is 19.3 Å². The normalized spacial score (nSPS) is 15.2. The predicted molar refractivity (Wildman–Crippen MR) is 91.1 cm³/mol. The van der Waals surface area contributed by atoms with Gasteiger partial charge in [-0.15, -0.1) is 0 Å². The van der Waals surface area contributed by atoms with Crippen LogP contribution in [0, 0.1) is 0 Å². The number of hydrogen-bond acceptors (Lipinski definition) is 5. The van der Waals surface area contributed by atoms with Gasteiger partial charge in [0.25, 0.3) is 0 Å². The van der Waals surface area contributed by atoms with Crippen LogP contribution in [0.3, 0.4) is 0 Å². The Bertz CT molecular complexity index is 647. The minimum absolute atomic E-state index is 0.190. The van der Waals surface area contributed by atoms with Crippen molar-refractivity contribution in [2.75, 3.05) is 19.9 Å². The predicted octanol–water partition coefficient (Wildman–Crippen LogP) is 2.64. The number of hydrogen-bond donors (Lipinski definition) is 2. The first-order valence-corrected chi connectivity index (χ1v) is 8.15. The highest BCUT2D eigenvalue weighted by Gasteiger charge is 2.13. The number of benzene rings is 2. The zero-order valence-electron chi connectivity index (χ0n) is 13.8. The lowest BCUT2D eigenvalue weighted by molar-refractivity contribution is 0.0278. The van der Waals surface area contributed by atoms with Crippen molar-refractivity contribution in [3.05, 3.63) is 59.7 Å². The number of aliphatic hydroxyl groups excluding tert-OH is 1. The first kappa shape index (κ1) is 16.8. The van der Waals surface area contributed by atoms with Gasteiger partial charge in [0.1, 0.15) is 0 Å². The summed E-state index contributed by atoms with van der Waals surface area (Å²) in [5, 5.41) is 13.4. The number of aliphatic hydroxyl groups is 1. The summed E-state index contributed by atoms with van der Waals surface area (Å²) in [6, 6.07) is 16.1. The third kappa shape index (κ3) is 4.47. The zero-order chi connectivity index (χ0) is 16.8. The molecule has 2 atom stereocenters. The highest BCUT2D eigenvalue weighted by atomic mass is 16.7. The molecular weight excluding hydrogens is 306 g/mol. The van der Waals surface area contributed by atoms with Crippen molar-refractivity contribution >= 4 is 0 Å². The van der Waals surface area contributed by atoms with Crippen LogP contribution >= 0.6 is 0 Å². The Labute approximate surface area is 142 Å². The molecule has 3 rings (SSSR count). The maximum absolute atomic E-state index is 10.0. The molecule has 128 valence electrons. The molecule has 1 aliphatic rings. The molecule has 24 heavy (non-hydrogen) atoms.